The van der Waals surface area contributed by atoms with Crippen molar-refractivity contribution in [1.82, 2.24) is 14.7 Å². The highest BCUT2D eigenvalue weighted by molar-refractivity contribution is 6.35. The Bertz CT molecular complexity index is 786. The molecule has 0 aliphatic carbocycles. The minimum Gasteiger partial charge on any atom is -0.395 e. The predicted molar refractivity (Wildman–Crippen MR) is 111 cm³/mol. The van der Waals surface area contributed by atoms with E-state index in [0.717, 1.165) is 0 Å². The number of β-amino-alcohol motifs (C(OH)–C–C–N with tert-alkyl or cyclic N) is 1. The molecule has 0 bridgehead atoms. The molecule has 2 aliphatic heterocycles. The quantitative estimate of drug-likeness (QED) is 0.481. The number of rotatable bonds is 9. The van der Waals surface area contributed by atoms with E-state index in [1.54, 1.807) is 12.1 Å². The zero-order chi connectivity index (χ0) is 21.7. The first-order chi connectivity index (χ1) is 14.4. The number of aliphatic hydroxyl groups excluding tert-OH is 1. The van der Waals surface area contributed by atoms with Gasteiger partial charge in [-0.3, -0.25) is 19.4 Å². The maximum Gasteiger partial charge on any atom is 0.277 e. The second-order valence-corrected chi connectivity index (χ2v) is 7.82. The van der Waals surface area contributed by atoms with Gasteiger partial charge in [0.2, 0.25) is 0 Å². The maximum atomic E-state index is 13.4. The number of aliphatic hydroxyl groups is 1. The number of amides is 2. The first kappa shape index (κ1) is 22.4. The molecule has 0 unspecified atom stereocenters. The maximum absolute atomic E-state index is 13.4. The lowest BCUT2D eigenvalue weighted by atomic mass is 10.0. The second kappa shape index (κ2) is 10.1. The molecule has 1 N–H and O–H groups in total. The smallest absolute Gasteiger partial charge is 0.277 e. The molecule has 8 heteroatoms. The van der Waals surface area contributed by atoms with Gasteiger partial charge >= 0.3 is 0 Å². The summed E-state index contributed by atoms with van der Waals surface area (Å²) in [6, 6.07) is 5.69. The zero-order valence-corrected chi connectivity index (χ0v) is 17.6. The number of nitrogens with zero attached hydrogens (tertiary/aromatic N) is 3. The molecular weight excluding hydrogens is 389 g/mol. The average molecular weight is 419 g/mol. The van der Waals surface area contributed by atoms with Crippen molar-refractivity contribution < 1.29 is 23.8 Å². The molecular formula is C22H30FN3O4. The van der Waals surface area contributed by atoms with E-state index >= 15 is 0 Å². The van der Waals surface area contributed by atoms with Gasteiger partial charge in [0.15, 0.2) is 0 Å². The molecule has 0 atom stereocenters. The molecule has 0 aromatic heterocycles. The lowest BCUT2D eigenvalue weighted by Gasteiger charge is -2.36. The molecule has 0 saturated carbocycles. The second-order valence-electron chi connectivity index (χ2n) is 7.82. The molecule has 0 radical (unpaired) electrons. The molecule has 3 rings (SSSR count). The third-order valence-electron chi connectivity index (χ3n) is 5.36. The number of piperazine rings is 1. The molecule has 1 saturated heterocycles. The first-order valence-corrected chi connectivity index (χ1v) is 10.5. The molecule has 2 amide bonds. The SMILES string of the molecule is CC(C)OCCCN1C(=O)C(c2ccc(F)cc2)=C(N2CCN(CCO)CC2)C1=O. The van der Waals surface area contributed by atoms with Crippen LogP contribution in [-0.4, -0.2) is 90.2 Å². The number of imide groups is 1. The Kier molecular flexibility index (Phi) is 7.58. The number of hydrogen-bond donors (Lipinski definition) is 1. The van der Waals surface area contributed by atoms with Gasteiger partial charge in [-0.25, -0.2) is 4.39 Å². The number of carbonyl (C=O) groups excluding carboxylic acids is 2. The van der Waals surface area contributed by atoms with Crippen LogP contribution >= 0.6 is 0 Å². The van der Waals surface area contributed by atoms with Gasteiger partial charge in [-0.1, -0.05) is 12.1 Å². The first-order valence-electron chi connectivity index (χ1n) is 10.5. The molecule has 164 valence electrons. The van der Waals surface area contributed by atoms with Crippen LogP contribution in [0.4, 0.5) is 4.39 Å². The highest BCUT2D eigenvalue weighted by Crippen LogP contribution is 2.32. The molecule has 2 aliphatic rings. The lowest BCUT2D eigenvalue weighted by molar-refractivity contribution is -0.137. The van der Waals surface area contributed by atoms with Crippen molar-refractivity contribution in [1.29, 1.82) is 0 Å². The van der Waals surface area contributed by atoms with E-state index in [1.165, 1.54) is 17.0 Å². The molecule has 1 aromatic carbocycles. The average Bonchev–Trinajstić information content (AvgIpc) is 2.97. The van der Waals surface area contributed by atoms with Gasteiger partial charge in [0.1, 0.15) is 11.5 Å². The number of benzene rings is 1. The fourth-order valence-electron chi connectivity index (χ4n) is 3.81. The van der Waals surface area contributed by atoms with Gasteiger partial charge in [0, 0.05) is 45.9 Å². The van der Waals surface area contributed by atoms with Crippen LogP contribution in [0.5, 0.6) is 0 Å². The largest absolute Gasteiger partial charge is 0.395 e. The van der Waals surface area contributed by atoms with E-state index in [0.29, 0.717) is 62.6 Å². The summed E-state index contributed by atoms with van der Waals surface area (Å²) < 4.78 is 19.0. The van der Waals surface area contributed by atoms with Gasteiger partial charge in [0.05, 0.1) is 18.3 Å². The molecule has 0 spiro atoms. The van der Waals surface area contributed by atoms with Crippen LogP contribution in [0.25, 0.3) is 5.57 Å². The fourth-order valence-corrected chi connectivity index (χ4v) is 3.81. The van der Waals surface area contributed by atoms with E-state index in [9.17, 15) is 14.0 Å². The van der Waals surface area contributed by atoms with Gasteiger partial charge in [0.25, 0.3) is 11.8 Å². The van der Waals surface area contributed by atoms with Crippen LogP contribution in [0.3, 0.4) is 0 Å². The molecule has 1 fully saturated rings. The number of halogens is 1. The number of ether oxygens (including phenoxy) is 1. The summed E-state index contributed by atoms with van der Waals surface area (Å²) >= 11 is 0. The Balaban J connectivity index is 1.82. The predicted octanol–water partition coefficient (Wildman–Crippen LogP) is 1.33. The summed E-state index contributed by atoms with van der Waals surface area (Å²) in [7, 11) is 0. The molecule has 7 nitrogen and oxygen atoms in total. The summed E-state index contributed by atoms with van der Waals surface area (Å²) in [5.41, 5.74) is 1.27. The summed E-state index contributed by atoms with van der Waals surface area (Å²) in [5, 5.41) is 9.15. The Labute approximate surface area is 176 Å². The minimum absolute atomic E-state index is 0.0904. The summed E-state index contributed by atoms with van der Waals surface area (Å²) in [5.74, 6) is -1.04. The Morgan fingerprint density at radius 3 is 2.30 bits per heavy atom. The van der Waals surface area contributed by atoms with Crippen molar-refractivity contribution in [2.45, 2.75) is 26.4 Å². The van der Waals surface area contributed by atoms with Crippen LogP contribution in [0.1, 0.15) is 25.8 Å². The lowest BCUT2D eigenvalue weighted by Crippen LogP contribution is -2.48. The van der Waals surface area contributed by atoms with Gasteiger partial charge in [-0.05, 0) is 38.0 Å². The van der Waals surface area contributed by atoms with Crippen LogP contribution < -0.4 is 0 Å². The summed E-state index contributed by atoms with van der Waals surface area (Å²) in [4.78, 5) is 31.8. The van der Waals surface area contributed by atoms with E-state index < -0.39 is 5.82 Å². The van der Waals surface area contributed by atoms with Crippen LogP contribution in [-0.2, 0) is 14.3 Å². The summed E-state index contributed by atoms with van der Waals surface area (Å²) in [6.45, 7) is 7.88. The molecule has 30 heavy (non-hydrogen) atoms. The van der Waals surface area contributed by atoms with E-state index in [2.05, 4.69) is 4.90 Å². The summed E-state index contributed by atoms with van der Waals surface area (Å²) in [6.07, 6.45) is 0.651. The minimum atomic E-state index is -0.391. The Morgan fingerprint density at radius 2 is 1.70 bits per heavy atom. The third-order valence-corrected chi connectivity index (χ3v) is 5.36. The van der Waals surface area contributed by atoms with Crippen LogP contribution in [0.2, 0.25) is 0 Å². The van der Waals surface area contributed by atoms with E-state index in [4.69, 9.17) is 9.84 Å². The Morgan fingerprint density at radius 1 is 1.03 bits per heavy atom. The van der Waals surface area contributed by atoms with Crippen LogP contribution in [0.15, 0.2) is 30.0 Å². The zero-order valence-electron chi connectivity index (χ0n) is 17.6. The topological polar surface area (TPSA) is 73.3 Å². The van der Waals surface area contributed by atoms with Crippen molar-refractivity contribution in [3.63, 3.8) is 0 Å². The highest BCUT2D eigenvalue weighted by Gasteiger charge is 2.41. The van der Waals surface area contributed by atoms with E-state index in [1.807, 2.05) is 18.7 Å². The number of carbonyl (C=O) groups is 2. The van der Waals surface area contributed by atoms with Crippen molar-refractivity contribution in [2.75, 3.05) is 52.5 Å². The van der Waals surface area contributed by atoms with Crippen molar-refractivity contribution in [3.05, 3.63) is 41.3 Å². The van der Waals surface area contributed by atoms with Crippen molar-refractivity contribution in [3.8, 4) is 0 Å². The number of hydrogen-bond acceptors (Lipinski definition) is 6. The normalized spacial score (nSPS) is 18.3. The highest BCUT2D eigenvalue weighted by atomic mass is 19.1. The van der Waals surface area contributed by atoms with Gasteiger partial charge < -0.3 is 14.7 Å². The van der Waals surface area contributed by atoms with E-state index in [-0.39, 0.29) is 31.1 Å². The third kappa shape index (κ3) is 5.06. The van der Waals surface area contributed by atoms with Crippen molar-refractivity contribution >= 4 is 17.4 Å². The monoisotopic (exact) mass is 419 g/mol. The van der Waals surface area contributed by atoms with Crippen LogP contribution in [0, 0.1) is 5.82 Å². The Hall–Kier alpha value is -2.29. The molecule has 2 heterocycles. The van der Waals surface area contributed by atoms with Gasteiger partial charge in [-0.15, -0.1) is 0 Å². The van der Waals surface area contributed by atoms with Crippen molar-refractivity contribution in [2.24, 2.45) is 0 Å². The molecule has 1 aromatic rings. The fraction of sp³-hybridized carbons (Fsp3) is 0.545. The standard InChI is InChI=1S/C22H30FN3O4/c1-16(2)30-15-3-8-26-21(28)19(17-4-6-18(23)7-5-17)20(22(26)29)25-11-9-24(10-12-25)13-14-27/h4-7,16,27H,3,8-15H2,1-2H3. The van der Waals surface area contributed by atoms with Gasteiger partial charge in [-0.2, -0.15) is 0 Å².